The molecule has 11 aromatic rings. The summed E-state index contributed by atoms with van der Waals surface area (Å²) >= 11 is 0. The van der Waals surface area contributed by atoms with Gasteiger partial charge in [0, 0.05) is 43.9 Å². The van der Waals surface area contributed by atoms with E-state index in [1.54, 1.807) is 0 Å². The maximum absolute atomic E-state index is 10.4. The summed E-state index contributed by atoms with van der Waals surface area (Å²) in [7, 11) is 0. The zero-order valence-electron chi connectivity index (χ0n) is 34.6. The minimum atomic E-state index is 0.609. The molecule has 3 heterocycles. The average Bonchev–Trinajstić information content (AvgIpc) is 3.90. The molecule has 0 saturated heterocycles. The van der Waals surface area contributed by atoms with E-state index in [2.05, 4.69) is 223 Å². The quantitative estimate of drug-likeness (QED) is 0.166. The van der Waals surface area contributed by atoms with Crippen LogP contribution in [0, 0.1) is 32.1 Å². The second-order valence-corrected chi connectivity index (χ2v) is 16.4. The van der Waals surface area contributed by atoms with Gasteiger partial charge >= 0.3 is 0 Å². The molecule has 0 unspecified atom stereocenters. The van der Waals surface area contributed by atoms with Gasteiger partial charge in [0.15, 0.2) is 0 Å². The molecule has 0 saturated carbocycles. The fraction of sp³-hybridized carbons (Fsp3) is 0.0702. The van der Waals surface area contributed by atoms with Crippen LogP contribution in [0.3, 0.4) is 0 Å². The molecule has 11 rings (SSSR count). The predicted octanol–water partition coefficient (Wildman–Crippen LogP) is 14.8. The number of rotatable bonds is 6. The maximum Gasteiger partial charge on any atom is 0.0992 e. The number of nitrogens with zero attached hydrogens (tertiary/aromatic N) is 4. The molecule has 0 spiro atoms. The molecule has 0 aliphatic carbocycles. The molecule has 0 bridgehead atoms. The van der Waals surface area contributed by atoms with Crippen LogP contribution in [0.25, 0.3) is 94.4 Å². The number of para-hydroxylation sites is 1. The molecular weight excluding hydrogens is 741 g/mol. The van der Waals surface area contributed by atoms with E-state index in [0.717, 1.165) is 50.1 Å². The van der Waals surface area contributed by atoms with Crippen LogP contribution in [-0.4, -0.2) is 13.7 Å². The molecule has 0 atom stereocenters. The zero-order chi connectivity index (χ0) is 41.4. The van der Waals surface area contributed by atoms with Crippen LogP contribution in [0.2, 0.25) is 0 Å². The molecule has 0 radical (unpaired) electrons. The average molecular weight is 783 g/mol. The van der Waals surface area contributed by atoms with E-state index < -0.39 is 0 Å². The van der Waals surface area contributed by atoms with Crippen molar-refractivity contribution in [2.75, 3.05) is 0 Å². The summed E-state index contributed by atoms with van der Waals surface area (Å²) in [5, 5.41) is 16.4. The topological polar surface area (TPSA) is 38.6 Å². The zero-order valence-corrected chi connectivity index (χ0v) is 34.6. The van der Waals surface area contributed by atoms with E-state index in [1.165, 1.54) is 66.1 Å². The van der Waals surface area contributed by atoms with Gasteiger partial charge in [0.05, 0.1) is 50.6 Å². The summed E-state index contributed by atoms with van der Waals surface area (Å²) in [6, 6.07) is 65.7. The van der Waals surface area contributed by atoms with Gasteiger partial charge in [0.2, 0.25) is 0 Å². The number of aromatic nitrogens is 3. The van der Waals surface area contributed by atoms with Crippen LogP contribution in [-0.2, 0) is 0 Å². The van der Waals surface area contributed by atoms with Gasteiger partial charge in [-0.2, -0.15) is 5.26 Å². The monoisotopic (exact) mass is 782 g/mol. The molecule has 4 heteroatoms. The van der Waals surface area contributed by atoms with E-state index in [0.29, 0.717) is 5.56 Å². The summed E-state index contributed by atoms with van der Waals surface area (Å²) in [4.78, 5) is 0. The van der Waals surface area contributed by atoms with E-state index in [9.17, 15) is 5.26 Å². The van der Waals surface area contributed by atoms with Gasteiger partial charge < -0.3 is 13.7 Å². The first kappa shape index (κ1) is 36.2. The van der Waals surface area contributed by atoms with E-state index in [4.69, 9.17) is 0 Å². The largest absolute Gasteiger partial charge is 0.311 e. The highest BCUT2D eigenvalue weighted by atomic mass is 15.1. The van der Waals surface area contributed by atoms with Crippen molar-refractivity contribution in [1.29, 1.82) is 5.26 Å². The predicted molar refractivity (Wildman–Crippen MR) is 256 cm³/mol. The number of fused-ring (bicyclic) bond motifs is 7. The highest BCUT2D eigenvalue weighted by Crippen LogP contribution is 2.41. The standard InChI is InChI=1S/C57H42N4/c1-36-19-24-53-47(29-36)48-30-37(2)20-25-54(48)60(53)44-23-28-55-50(34-44)45-17-11-12-18-51(45)61(55)57-32-40(35-58)21-26-56(57)59-39(4)46(31-38(3)41-13-7-5-8-14-41)49-33-43(22-27-52(49)59)42-15-9-6-10-16-42/h5-34H,1-4H3/b38-31+. The fourth-order valence-electron chi connectivity index (χ4n) is 9.60. The van der Waals surface area contributed by atoms with Gasteiger partial charge in [0.25, 0.3) is 0 Å². The van der Waals surface area contributed by atoms with Crippen LogP contribution in [0.5, 0.6) is 0 Å². The Labute approximate surface area is 355 Å². The Morgan fingerprint density at radius 2 is 1.05 bits per heavy atom. The summed E-state index contributed by atoms with van der Waals surface area (Å²) in [6.45, 7) is 8.75. The maximum atomic E-state index is 10.4. The van der Waals surface area contributed by atoms with Crippen LogP contribution in [0.15, 0.2) is 176 Å². The van der Waals surface area contributed by atoms with Crippen LogP contribution < -0.4 is 0 Å². The lowest BCUT2D eigenvalue weighted by Gasteiger charge is -2.18. The molecule has 0 fully saturated rings. The molecule has 0 amide bonds. The molecule has 61 heavy (non-hydrogen) atoms. The summed E-state index contributed by atoms with van der Waals surface area (Å²) in [5.41, 5.74) is 18.9. The Morgan fingerprint density at radius 3 is 1.77 bits per heavy atom. The molecule has 0 aliphatic rings. The van der Waals surface area contributed by atoms with Crippen molar-refractivity contribution in [3.63, 3.8) is 0 Å². The van der Waals surface area contributed by atoms with E-state index in [1.807, 2.05) is 6.07 Å². The Balaban J connectivity index is 1.17. The van der Waals surface area contributed by atoms with Crippen molar-refractivity contribution in [3.05, 3.63) is 209 Å². The van der Waals surface area contributed by atoms with Crippen molar-refractivity contribution in [2.24, 2.45) is 0 Å². The van der Waals surface area contributed by atoms with Crippen molar-refractivity contribution in [1.82, 2.24) is 13.7 Å². The third-order valence-corrected chi connectivity index (χ3v) is 12.5. The molecule has 8 aromatic carbocycles. The van der Waals surface area contributed by atoms with Crippen LogP contribution in [0.4, 0.5) is 0 Å². The second kappa shape index (κ2) is 14.2. The Morgan fingerprint density at radius 1 is 0.459 bits per heavy atom. The lowest BCUT2D eigenvalue weighted by Crippen LogP contribution is -2.05. The smallest absolute Gasteiger partial charge is 0.0992 e. The van der Waals surface area contributed by atoms with Gasteiger partial charge in [-0.3, -0.25) is 0 Å². The lowest BCUT2D eigenvalue weighted by atomic mass is 9.99. The minimum absolute atomic E-state index is 0.609. The Hall–Kier alpha value is -7.87. The Bertz CT molecular complexity index is 3560. The normalized spacial score (nSPS) is 12.0. The van der Waals surface area contributed by atoms with Crippen molar-refractivity contribution in [3.8, 4) is 34.3 Å². The first-order chi connectivity index (χ1) is 29.9. The third kappa shape index (κ3) is 5.81. The van der Waals surface area contributed by atoms with E-state index >= 15 is 0 Å². The summed E-state index contributed by atoms with van der Waals surface area (Å²) in [5.74, 6) is 0. The van der Waals surface area contributed by atoms with Crippen LogP contribution >= 0.6 is 0 Å². The first-order valence-electron chi connectivity index (χ1n) is 20.9. The van der Waals surface area contributed by atoms with Crippen molar-refractivity contribution < 1.29 is 0 Å². The fourth-order valence-corrected chi connectivity index (χ4v) is 9.60. The molecular formula is C57H42N4. The van der Waals surface area contributed by atoms with Gasteiger partial charge in [0.1, 0.15) is 0 Å². The lowest BCUT2D eigenvalue weighted by molar-refractivity contribution is 1.02. The highest BCUT2D eigenvalue weighted by molar-refractivity contribution is 6.13. The van der Waals surface area contributed by atoms with Gasteiger partial charge in [-0.1, -0.05) is 108 Å². The summed E-state index contributed by atoms with van der Waals surface area (Å²) in [6.07, 6.45) is 2.33. The molecule has 0 N–H and O–H groups in total. The molecule has 0 aliphatic heterocycles. The number of benzene rings is 8. The molecule has 4 nitrogen and oxygen atoms in total. The molecule has 3 aromatic heterocycles. The number of aryl methyl sites for hydroxylation is 2. The number of hydrogen-bond acceptors (Lipinski definition) is 1. The first-order valence-corrected chi connectivity index (χ1v) is 20.9. The van der Waals surface area contributed by atoms with Crippen LogP contribution in [0.1, 0.15) is 40.4 Å². The van der Waals surface area contributed by atoms with Gasteiger partial charge in [-0.15, -0.1) is 0 Å². The van der Waals surface area contributed by atoms with Gasteiger partial charge in [-0.05, 0) is 135 Å². The second-order valence-electron chi connectivity index (χ2n) is 16.4. The SMILES string of the molecule is C/C(=C\c1c(C)n(-c2ccc(C#N)cc2-n2c3ccccc3c3cc(-n4c5ccc(C)cc5c5cc(C)ccc54)ccc32)c2ccc(-c3ccccc3)cc12)c1ccccc1. The van der Waals surface area contributed by atoms with E-state index in [-0.39, 0.29) is 0 Å². The third-order valence-electron chi connectivity index (χ3n) is 12.5. The number of allylic oxidation sites excluding steroid dienone is 1. The van der Waals surface area contributed by atoms with Gasteiger partial charge in [-0.25, -0.2) is 0 Å². The number of hydrogen-bond donors (Lipinski definition) is 0. The number of nitriles is 1. The Kier molecular flexibility index (Phi) is 8.41. The highest BCUT2D eigenvalue weighted by Gasteiger charge is 2.22. The minimum Gasteiger partial charge on any atom is -0.311 e. The summed E-state index contributed by atoms with van der Waals surface area (Å²) < 4.78 is 7.15. The molecule has 290 valence electrons. The van der Waals surface area contributed by atoms with Crippen molar-refractivity contribution >= 4 is 66.2 Å². The van der Waals surface area contributed by atoms with Crippen molar-refractivity contribution in [2.45, 2.75) is 27.7 Å².